The Morgan fingerprint density at radius 1 is 1.12 bits per heavy atom. The SMILES string of the molecule is Cc1ccc2nc(SCCCC(=O)N3CCOCC3)c(Cc3cnc4cccc(C)n34)n2c1. The maximum Gasteiger partial charge on any atom is 0.222 e. The van der Waals surface area contributed by atoms with Crippen LogP contribution in [0, 0.1) is 13.8 Å². The van der Waals surface area contributed by atoms with Gasteiger partial charge in [-0.25, -0.2) is 9.97 Å². The molecule has 1 aliphatic heterocycles. The van der Waals surface area contributed by atoms with Crippen molar-refractivity contribution in [3.63, 3.8) is 0 Å². The molecular weight excluding hydrogens is 434 g/mol. The lowest BCUT2D eigenvalue weighted by Crippen LogP contribution is -2.40. The predicted molar refractivity (Wildman–Crippen MR) is 130 cm³/mol. The molecule has 8 heteroatoms. The van der Waals surface area contributed by atoms with Gasteiger partial charge in [-0.3, -0.25) is 4.79 Å². The summed E-state index contributed by atoms with van der Waals surface area (Å²) in [6.07, 6.45) is 6.27. The largest absolute Gasteiger partial charge is 0.378 e. The fourth-order valence-electron chi connectivity index (χ4n) is 4.39. The summed E-state index contributed by atoms with van der Waals surface area (Å²) < 4.78 is 9.76. The average molecular weight is 464 g/mol. The molecule has 0 atom stereocenters. The van der Waals surface area contributed by atoms with Crippen molar-refractivity contribution in [2.45, 2.75) is 38.1 Å². The molecule has 4 aromatic rings. The van der Waals surface area contributed by atoms with Gasteiger partial charge in [0.05, 0.1) is 18.9 Å². The zero-order chi connectivity index (χ0) is 22.8. The Morgan fingerprint density at radius 2 is 1.97 bits per heavy atom. The third-order valence-corrected chi connectivity index (χ3v) is 7.21. The van der Waals surface area contributed by atoms with Crippen molar-refractivity contribution in [3.8, 4) is 0 Å². The predicted octanol–water partition coefficient (Wildman–Crippen LogP) is 3.92. The zero-order valence-electron chi connectivity index (χ0n) is 19.2. The molecule has 5 rings (SSSR count). The summed E-state index contributed by atoms with van der Waals surface area (Å²) in [6, 6.07) is 10.4. The summed E-state index contributed by atoms with van der Waals surface area (Å²) >= 11 is 1.74. The first-order valence-corrected chi connectivity index (χ1v) is 12.5. The molecule has 1 amide bonds. The molecule has 0 unspecified atom stereocenters. The van der Waals surface area contributed by atoms with E-state index in [0.29, 0.717) is 32.7 Å². The van der Waals surface area contributed by atoms with Crippen molar-refractivity contribution in [2.24, 2.45) is 0 Å². The second kappa shape index (κ2) is 9.57. The van der Waals surface area contributed by atoms with Gasteiger partial charge in [-0.2, -0.15) is 0 Å². The minimum Gasteiger partial charge on any atom is -0.378 e. The van der Waals surface area contributed by atoms with E-state index in [4.69, 9.17) is 9.72 Å². The van der Waals surface area contributed by atoms with E-state index >= 15 is 0 Å². The number of rotatable bonds is 7. The van der Waals surface area contributed by atoms with Gasteiger partial charge in [0.1, 0.15) is 16.3 Å². The molecule has 0 bridgehead atoms. The Bertz CT molecular complexity index is 1290. The maximum absolute atomic E-state index is 12.5. The summed E-state index contributed by atoms with van der Waals surface area (Å²) in [5.74, 6) is 1.09. The lowest BCUT2D eigenvalue weighted by molar-refractivity contribution is -0.135. The Morgan fingerprint density at radius 3 is 2.82 bits per heavy atom. The molecule has 5 heterocycles. The second-order valence-corrected chi connectivity index (χ2v) is 9.61. The number of hydrogen-bond donors (Lipinski definition) is 0. The minimum atomic E-state index is 0.228. The van der Waals surface area contributed by atoms with Crippen LogP contribution in [0.2, 0.25) is 0 Å². The lowest BCUT2D eigenvalue weighted by atomic mass is 10.2. The van der Waals surface area contributed by atoms with Crippen LogP contribution in [-0.4, -0.2) is 61.6 Å². The van der Waals surface area contributed by atoms with Gasteiger partial charge in [-0.1, -0.05) is 12.1 Å². The van der Waals surface area contributed by atoms with Gasteiger partial charge in [-0.15, -0.1) is 11.8 Å². The molecule has 4 aromatic heterocycles. The quantitative estimate of drug-likeness (QED) is 0.307. The molecule has 1 aliphatic rings. The Hall–Kier alpha value is -2.84. The number of aromatic nitrogens is 4. The van der Waals surface area contributed by atoms with E-state index in [1.165, 1.54) is 17.0 Å². The number of fused-ring (bicyclic) bond motifs is 2. The summed E-state index contributed by atoms with van der Waals surface area (Å²) in [4.78, 5) is 23.9. The minimum absolute atomic E-state index is 0.228. The molecule has 0 N–H and O–H groups in total. The first-order chi connectivity index (χ1) is 16.1. The molecule has 1 fully saturated rings. The number of nitrogens with zero attached hydrogens (tertiary/aromatic N) is 5. The van der Waals surface area contributed by atoms with E-state index < -0.39 is 0 Å². The van der Waals surface area contributed by atoms with Crippen molar-refractivity contribution in [2.75, 3.05) is 32.1 Å². The number of imidazole rings is 2. The highest BCUT2D eigenvalue weighted by Crippen LogP contribution is 2.28. The van der Waals surface area contributed by atoms with Gasteiger partial charge < -0.3 is 18.4 Å². The summed E-state index contributed by atoms with van der Waals surface area (Å²) in [7, 11) is 0. The number of morpholine rings is 1. The van der Waals surface area contributed by atoms with Crippen molar-refractivity contribution in [1.82, 2.24) is 23.7 Å². The van der Waals surface area contributed by atoms with Crippen molar-refractivity contribution >= 4 is 29.0 Å². The lowest BCUT2D eigenvalue weighted by Gasteiger charge is -2.26. The molecule has 0 saturated carbocycles. The molecule has 1 saturated heterocycles. The van der Waals surface area contributed by atoms with Gasteiger partial charge in [-0.05, 0) is 44.0 Å². The first-order valence-electron chi connectivity index (χ1n) is 11.5. The monoisotopic (exact) mass is 463 g/mol. The number of pyridine rings is 2. The van der Waals surface area contributed by atoms with Crippen LogP contribution in [0.4, 0.5) is 0 Å². The number of amides is 1. The van der Waals surface area contributed by atoms with Crippen LogP contribution in [0.1, 0.15) is 35.5 Å². The highest BCUT2D eigenvalue weighted by atomic mass is 32.2. The number of hydrogen-bond acceptors (Lipinski definition) is 5. The van der Waals surface area contributed by atoms with Gasteiger partial charge in [0.15, 0.2) is 0 Å². The van der Waals surface area contributed by atoms with E-state index in [9.17, 15) is 4.79 Å². The van der Waals surface area contributed by atoms with E-state index in [1.807, 2.05) is 23.2 Å². The summed E-state index contributed by atoms with van der Waals surface area (Å²) in [5.41, 5.74) is 6.60. The van der Waals surface area contributed by atoms with E-state index in [2.05, 4.69) is 52.0 Å². The average Bonchev–Trinajstić information content (AvgIpc) is 3.39. The topological polar surface area (TPSA) is 64.1 Å². The Balaban J connectivity index is 1.35. The summed E-state index contributed by atoms with van der Waals surface area (Å²) in [6.45, 7) is 6.92. The van der Waals surface area contributed by atoms with Gasteiger partial charge >= 0.3 is 0 Å². The smallest absolute Gasteiger partial charge is 0.222 e. The standard InChI is InChI=1S/C25H29N5O2S/c1-18-8-9-23-27-25(33-14-4-7-24(31)28-10-12-32-13-11-28)21(29(23)17-18)15-20-16-26-22-6-3-5-19(2)30(20)22/h3,5-6,8-9,16-17H,4,7,10-15H2,1-2H3. The van der Waals surface area contributed by atoms with E-state index in [-0.39, 0.29) is 5.91 Å². The fourth-order valence-corrected chi connectivity index (χ4v) is 5.37. The number of aryl methyl sites for hydroxylation is 2. The highest BCUT2D eigenvalue weighted by Gasteiger charge is 2.18. The van der Waals surface area contributed by atoms with Crippen molar-refractivity contribution in [1.29, 1.82) is 0 Å². The third kappa shape index (κ3) is 4.63. The van der Waals surface area contributed by atoms with E-state index in [1.54, 1.807) is 11.8 Å². The third-order valence-electron chi connectivity index (χ3n) is 6.11. The van der Waals surface area contributed by atoms with Gasteiger partial charge in [0.25, 0.3) is 0 Å². The molecule has 172 valence electrons. The fraction of sp³-hybridized carbons (Fsp3) is 0.400. The molecule has 7 nitrogen and oxygen atoms in total. The van der Waals surface area contributed by atoms with Crippen LogP contribution in [0.25, 0.3) is 11.3 Å². The normalized spacial score (nSPS) is 14.4. The van der Waals surface area contributed by atoms with Crippen molar-refractivity contribution < 1.29 is 9.53 Å². The molecule has 0 spiro atoms. The molecule has 0 aromatic carbocycles. The maximum atomic E-state index is 12.5. The summed E-state index contributed by atoms with van der Waals surface area (Å²) in [5, 5.41) is 1.03. The highest BCUT2D eigenvalue weighted by molar-refractivity contribution is 7.99. The molecule has 0 radical (unpaired) electrons. The number of carbonyl (C=O) groups is 1. The first kappa shape index (κ1) is 22.0. The van der Waals surface area contributed by atoms with Crippen LogP contribution < -0.4 is 0 Å². The number of carbonyl (C=O) groups excluding carboxylic acids is 1. The molecular formula is C25H29N5O2S. The zero-order valence-corrected chi connectivity index (χ0v) is 20.0. The van der Waals surface area contributed by atoms with Crippen LogP contribution in [0.3, 0.4) is 0 Å². The number of ether oxygens (including phenoxy) is 1. The Kier molecular flexibility index (Phi) is 6.37. The van der Waals surface area contributed by atoms with Gasteiger partial charge in [0, 0.05) is 55.5 Å². The molecule has 0 aliphatic carbocycles. The van der Waals surface area contributed by atoms with Gasteiger partial charge in [0.2, 0.25) is 5.91 Å². The Labute approximate surface area is 197 Å². The number of thioether (sulfide) groups is 1. The van der Waals surface area contributed by atoms with Crippen LogP contribution in [-0.2, 0) is 16.0 Å². The van der Waals surface area contributed by atoms with Crippen LogP contribution >= 0.6 is 11.8 Å². The second-order valence-electron chi connectivity index (χ2n) is 8.53. The van der Waals surface area contributed by atoms with Crippen molar-refractivity contribution in [3.05, 3.63) is 65.4 Å². The van der Waals surface area contributed by atoms with Crippen LogP contribution in [0.5, 0.6) is 0 Å². The van der Waals surface area contributed by atoms with E-state index in [0.717, 1.165) is 40.6 Å². The molecule has 33 heavy (non-hydrogen) atoms. The van der Waals surface area contributed by atoms with Crippen LogP contribution in [0.15, 0.2) is 47.8 Å².